The molecule has 9 heteroatoms. The summed E-state index contributed by atoms with van der Waals surface area (Å²) in [6, 6.07) is 0.325. The molecule has 3 heterocycles. The average Bonchev–Trinajstić information content (AvgIpc) is 3.26. The van der Waals surface area contributed by atoms with Gasteiger partial charge < -0.3 is 19.8 Å². The first-order valence-corrected chi connectivity index (χ1v) is 9.48. The third-order valence-electron chi connectivity index (χ3n) is 5.63. The number of imidazole rings is 1. The van der Waals surface area contributed by atoms with E-state index in [1.54, 1.807) is 6.33 Å². The molecule has 7 nitrogen and oxygen atoms in total. The molecule has 1 aromatic heterocycles. The zero-order valence-corrected chi connectivity index (χ0v) is 17.2. The minimum absolute atomic E-state index is 0. The van der Waals surface area contributed by atoms with Crippen molar-refractivity contribution in [3.8, 4) is 0 Å². The quantitative estimate of drug-likeness (QED) is 0.778. The Kier molecular flexibility index (Phi) is 8.37. The number of carbonyl (C=O) groups is 1. The van der Waals surface area contributed by atoms with Crippen molar-refractivity contribution in [1.29, 1.82) is 0 Å². The topological polar surface area (TPSA) is 79.5 Å². The molecular weight excluding hydrogens is 391 g/mol. The highest BCUT2D eigenvalue weighted by Crippen LogP contribution is 2.32. The second kappa shape index (κ2) is 10.1. The predicted molar refractivity (Wildman–Crippen MR) is 106 cm³/mol. The van der Waals surface area contributed by atoms with Crippen molar-refractivity contribution in [3.63, 3.8) is 0 Å². The Labute approximate surface area is 172 Å². The van der Waals surface area contributed by atoms with E-state index < -0.39 is 0 Å². The summed E-state index contributed by atoms with van der Waals surface area (Å²) in [5.41, 5.74) is 0.745. The van der Waals surface area contributed by atoms with Crippen molar-refractivity contribution in [2.45, 2.75) is 62.8 Å². The fourth-order valence-corrected chi connectivity index (χ4v) is 4.30. The molecule has 1 aliphatic carbocycles. The highest BCUT2D eigenvalue weighted by atomic mass is 35.5. The van der Waals surface area contributed by atoms with Crippen LogP contribution >= 0.6 is 24.8 Å². The summed E-state index contributed by atoms with van der Waals surface area (Å²) in [5, 5.41) is 3.18. The maximum atomic E-state index is 12.6. The van der Waals surface area contributed by atoms with Crippen LogP contribution in [0.4, 0.5) is 0 Å². The molecule has 27 heavy (non-hydrogen) atoms. The summed E-state index contributed by atoms with van der Waals surface area (Å²) in [6.07, 6.45) is 9.73. The number of amides is 1. The van der Waals surface area contributed by atoms with E-state index >= 15 is 0 Å². The van der Waals surface area contributed by atoms with E-state index in [4.69, 9.17) is 9.47 Å². The van der Waals surface area contributed by atoms with Gasteiger partial charge in [0.2, 0.25) is 5.91 Å². The number of halogens is 2. The minimum atomic E-state index is -0.381. The smallest absolute Gasteiger partial charge is 0.249 e. The number of hydrogen-bond donors (Lipinski definition) is 2. The molecule has 3 aliphatic rings. The Bertz CT molecular complexity index is 583. The van der Waals surface area contributed by atoms with Crippen LogP contribution in [0.5, 0.6) is 0 Å². The van der Waals surface area contributed by atoms with Gasteiger partial charge in [0.15, 0.2) is 0 Å². The maximum Gasteiger partial charge on any atom is 0.249 e. The van der Waals surface area contributed by atoms with E-state index in [-0.39, 0.29) is 42.4 Å². The third-order valence-corrected chi connectivity index (χ3v) is 5.63. The predicted octanol–water partition coefficient (Wildman–Crippen LogP) is 2.06. The first-order valence-electron chi connectivity index (χ1n) is 9.48. The van der Waals surface area contributed by atoms with Crippen LogP contribution in [0.1, 0.15) is 44.2 Å². The Morgan fingerprint density at radius 2 is 2.15 bits per heavy atom. The van der Waals surface area contributed by atoms with Crippen LogP contribution in [0.25, 0.3) is 0 Å². The molecule has 0 radical (unpaired) electrons. The van der Waals surface area contributed by atoms with Crippen molar-refractivity contribution in [1.82, 2.24) is 20.2 Å². The number of carbonyl (C=O) groups excluding carboxylic acids is 1. The monoisotopic (exact) mass is 420 g/mol. The summed E-state index contributed by atoms with van der Waals surface area (Å²) in [7, 11) is 0. The highest BCUT2D eigenvalue weighted by Gasteiger charge is 2.47. The van der Waals surface area contributed by atoms with Gasteiger partial charge in [-0.25, -0.2) is 4.98 Å². The SMILES string of the molecule is Cl.Cl.O=C(NC1CCCCC1)C1CC2(CO1)CN(Cc1cnc[nH]1)CCO2. The van der Waals surface area contributed by atoms with E-state index in [0.717, 1.165) is 38.2 Å². The van der Waals surface area contributed by atoms with Crippen LogP contribution in [0.3, 0.4) is 0 Å². The maximum absolute atomic E-state index is 12.6. The first-order chi connectivity index (χ1) is 12.2. The van der Waals surface area contributed by atoms with Crippen LogP contribution in [0, 0.1) is 0 Å². The van der Waals surface area contributed by atoms with Gasteiger partial charge in [0.05, 0.1) is 19.5 Å². The zero-order chi connectivity index (χ0) is 17.1. The molecule has 1 saturated carbocycles. The molecule has 2 unspecified atom stereocenters. The highest BCUT2D eigenvalue weighted by molar-refractivity contribution is 5.85. The van der Waals surface area contributed by atoms with Crippen molar-refractivity contribution in [3.05, 3.63) is 18.2 Å². The molecule has 3 fully saturated rings. The van der Waals surface area contributed by atoms with E-state index in [0.29, 0.717) is 25.7 Å². The molecule has 1 aromatic rings. The van der Waals surface area contributed by atoms with Gasteiger partial charge in [-0.15, -0.1) is 24.8 Å². The molecule has 2 saturated heterocycles. The fraction of sp³-hybridized carbons (Fsp3) is 0.778. The van der Waals surface area contributed by atoms with E-state index in [2.05, 4.69) is 20.2 Å². The van der Waals surface area contributed by atoms with E-state index in [1.807, 2.05) is 6.20 Å². The van der Waals surface area contributed by atoms with Crippen LogP contribution in [-0.2, 0) is 20.8 Å². The standard InChI is InChI=1S/C18H28N4O3.2ClH/c23-17(21-14-4-2-1-3-5-14)16-8-18(12-24-16)11-22(6-7-25-18)10-15-9-19-13-20-15;;/h9,13-14,16H,1-8,10-12H2,(H,19,20)(H,21,23);2*1H. The molecule has 1 spiro atoms. The molecule has 2 N–H and O–H groups in total. The molecule has 2 aliphatic heterocycles. The summed E-state index contributed by atoms with van der Waals surface area (Å²) < 4.78 is 11.9. The number of hydrogen-bond acceptors (Lipinski definition) is 5. The third kappa shape index (κ3) is 5.57. The number of H-pyrrole nitrogens is 1. The molecule has 4 rings (SSSR count). The van der Waals surface area contributed by atoms with Gasteiger partial charge in [0.25, 0.3) is 0 Å². The molecule has 1 amide bonds. The lowest BCUT2D eigenvalue weighted by Gasteiger charge is -2.39. The first kappa shape index (κ1) is 22.4. The van der Waals surface area contributed by atoms with Crippen molar-refractivity contribution >= 4 is 30.7 Å². The van der Waals surface area contributed by atoms with Gasteiger partial charge in [-0.3, -0.25) is 9.69 Å². The number of ether oxygens (including phenoxy) is 2. The molecule has 0 aromatic carbocycles. The largest absolute Gasteiger partial charge is 0.370 e. The number of nitrogens with one attached hydrogen (secondary N) is 2. The Hall–Kier alpha value is -0.860. The lowest BCUT2D eigenvalue weighted by atomic mass is 9.94. The lowest BCUT2D eigenvalue weighted by Crippen LogP contribution is -2.52. The second-order valence-electron chi connectivity index (χ2n) is 7.67. The second-order valence-corrected chi connectivity index (χ2v) is 7.67. The van der Waals surface area contributed by atoms with Crippen molar-refractivity contribution in [2.24, 2.45) is 0 Å². The zero-order valence-electron chi connectivity index (χ0n) is 15.5. The molecule has 2 atom stereocenters. The minimum Gasteiger partial charge on any atom is -0.370 e. The van der Waals surface area contributed by atoms with Gasteiger partial charge in [0, 0.05) is 44.0 Å². The van der Waals surface area contributed by atoms with Crippen LogP contribution in [0.15, 0.2) is 12.5 Å². The number of aromatic amines is 1. The normalized spacial score (nSPS) is 29.1. The summed E-state index contributed by atoms with van der Waals surface area (Å²) in [4.78, 5) is 22.1. The number of aromatic nitrogens is 2. The Balaban J connectivity index is 0.00000131. The molecule has 154 valence electrons. The fourth-order valence-electron chi connectivity index (χ4n) is 4.30. The summed E-state index contributed by atoms with van der Waals surface area (Å²) in [6.45, 7) is 3.67. The van der Waals surface area contributed by atoms with Crippen molar-refractivity contribution in [2.75, 3.05) is 26.3 Å². The van der Waals surface area contributed by atoms with Crippen molar-refractivity contribution < 1.29 is 14.3 Å². The van der Waals surface area contributed by atoms with E-state index in [9.17, 15) is 4.79 Å². The van der Waals surface area contributed by atoms with Crippen LogP contribution < -0.4 is 5.32 Å². The van der Waals surface area contributed by atoms with Gasteiger partial charge >= 0.3 is 0 Å². The summed E-state index contributed by atoms with van der Waals surface area (Å²) >= 11 is 0. The average molecular weight is 421 g/mol. The van der Waals surface area contributed by atoms with Gasteiger partial charge in [-0.1, -0.05) is 19.3 Å². The number of rotatable bonds is 4. The number of morpholine rings is 1. The van der Waals surface area contributed by atoms with Gasteiger partial charge in [0.1, 0.15) is 11.7 Å². The Morgan fingerprint density at radius 1 is 1.33 bits per heavy atom. The van der Waals surface area contributed by atoms with Gasteiger partial charge in [-0.05, 0) is 12.8 Å². The van der Waals surface area contributed by atoms with Gasteiger partial charge in [-0.2, -0.15) is 0 Å². The van der Waals surface area contributed by atoms with Crippen LogP contribution in [-0.4, -0.2) is 64.8 Å². The molecule has 0 bridgehead atoms. The number of nitrogens with zero attached hydrogens (tertiary/aromatic N) is 2. The Morgan fingerprint density at radius 3 is 2.89 bits per heavy atom. The lowest BCUT2D eigenvalue weighted by molar-refractivity contribution is -0.131. The summed E-state index contributed by atoms with van der Waals surface area (Å²) in [5.74, 6) is 0.0399. The van der Waals surface area contributed by atoms with Crippen LogP contribution in [0.2, 0.25) is 0 Å². The van der Waals surface area contributed by atoms with E-state index in [1.165, 1.54) is 19.3 Å². The molecular formula is C18H30Cl2N4O3.